The lowest BCUT2D eigenvalue weighted by Gasteiger charge is -1.97. The molecule has 1 aromatic heterocycles. The number of aliphatic hydroxyl groups excluding tert-OH is 1. The number of carbonyl (C=O) groups is 1. The van der Waals surface area contributed by atoms with Gasteiger partial charge in [-0.1, -0.05) is 12.0 Å². The first-order valence-electron chi connectivity index (χ1n) is 4.38. The Labute approximate surface area is 87.9 Å². The first kappa shape index (κ1) is 11.2. The highest BCUT2D eigenvalue weighted by Gasteiger charge is 2.06. The maximum absolute atomic E-state index is 11.1. The summed E-state index contributed by atoms with van der Waals surface area (Å²) in [5.74, 6) is 4.68. The summed E-state index contributed by atoms with van der Waals surface area (Å²) in [4.78, 5) is 15.1. The Hall–Kier alpha value is -1.86. The van der Waals surface area contributed by atoms with Gasteiger partial charge in [0.15, 0.2) is 0 Å². The van der Waals surface area contributed by atoms with Crippen LogP contribution in [0.4, 0.5) is 0 Å². The van der Waals surface area contributed by atoms with Gasteiger partial charge in [0, 0.05) is 0 Å². The van der Waals surface area contributed by atoms with Gasteiger partial charge in [-0.25, -0.2) is 9.78 Å². The van der Waals surface area contributed by atoms with Crippen molar-refractivity contribution in [3.8, 4) is 11.8 Å². The van der Waals surface area contributed by atoms with E-state index in [9.17, 15) is 4.79 Å². The lowest BCUT2D eigenvalue weighted by Crippen LogP contribution is -2.04. The second-order valence-corrected chi connectivity index (χ2v) is 2.84. The van der Waals surface area contributed by atoms with Crippen LogP contribution in [-0.4, -0.2) is 29.3 Å². The quantitative estimate of drug-likeness (QED) is 0.538. The molecule has 0 amide bonds. The first-order chi connectivity index (χ1) is 7.13. The van der Waals surface area contributed by atoms with Crippen LogP contribution in [0.1, 0.15) is 23.1 Å². The van der Waals surface area contributed by atoms with Gasteiger partial charge in [-0.3, -0.25) is 0 Å². The van der Waals surface area contributed by atoms with E-state index < -0.39 is 12.1 Å². The van der Waals surface area contributed by atoms with Crippen LogP contribution in [0.3, 0.4) is 0 Å². The van der Waals surface area contributed by atoms with Crippen LogP contribution in [0, 0.1) is 11.8 Å². The molecule has 0 aliphatic heterocycles. The fourth-order valence-electron chi connectivity index (χ4n) is 0.901. The summed E-state index contributed by atoms with van der Waals surface area (Å²) in [6.45, 7) is 1.55. The van der Waals surface area contributed by atoms with Crippen molar-refractivity contribution in [3.63, 3.8) is 0 Å². The van der Waals surface area contributed by atoms with E-state index >= 15 is 0 Å². The van der Waals surface area contributed by atoms with Crippen molar-refractivity contribution >= 4 is 5.97 Å². The summed E-state index contributed by atoms with van der Waals surface area (Å²) in [6, 6.07) is 4.85. The number of rotatable bonds is 1. The third-order valence-electron chi connectivity index (χ3n) is 1.55. The van der Waals surface area contributed by atoms with E-state index in [0.717, 1.165) is 0 Å². The highest BCUT2D eigenvalue weighted by molar-refractivity contribution is 5.87. The molecule has 0 saturated heterocycles. The molecule has 1 unspecified atom stereocenters. The van der Waals surface area contributed by atoms with Crippen molar-refractivity contribution in [2.75, 3.05) is 7.11 Å². The lowest BCUT2D eigenvalue weighted by atomic mass is 10.3. The smallest absolute Gasteiger partial charge is 0.356 e. The molecule has 0 radical (unpaired) electrons. The third kappa shape index (κ3) is 3.41. The van der Waals surface area contributed by atoms with Crippen LogP contribution >= 0.6 is 0 Å². The van der Waals surface area contributed by atoms with E-state index in [2.05, 4.69) is 21.6 Å². The molecule has 0 spiro atoms. The SMILES string of the molecule is COC(=O)c1cccc(C#CC(C)O)n1. The fourth-order valence-corrected chi connectivity index (χ4v) is 0.901. The molecule has 1 aromatic rings. The minimum absolute atomic E-state index is 0.204. The molecule has 1 heterocycles. The molecule has 15 heavy (non-hydrogen) atoms. The predicted octanol–water partition coefficient (Wildman–Crippen LogP) is 0.600. The average Bonchev–Trinajstić information content (AvgIpc) is 2.25. The van der Waals surface area contributed by atoms with E-state index in [0.29, 0.717) is 5.69 Å². The molecule has 1 N–H and O–H groups in total. The van der Waals surface area contributed by atoms with Crippen LogP contribution in [0.15, 0.2) is 18.2 Å². The van der Waals surface area contributed by atoms with Crippen molar-refractivity contribution in [2.45, 2.75) is 13.0 Å². The molecule has 0 aliphatic rings. The number of pyridine rings is 1. The van der Waals surface area contributed by atoms with E-state index in [1.807, 2.05) is 0 Å². The van der Waals surface area contributed by atoms with Crippen molar-refractivity contribution in [3.05, 3.63) is 29.6 Å². The Bertz CT molecular complexity index is 415. The molecule has 0 saturated carbocycles. The van der Waals surface area contributed by atoms with E-state index in [1.165, 1.54) is 7.11 Å². The molecule has 1 rings (SSSR count). The number of methoxy groups -OCH3 is 1. The molecule has 0 bridgehead atoms. The van der Waals surface area contributed by atoms with Crippen molar-refractivity contribution in [1.29, 1.82) is 0 Å². The minimum atomic E-state index is -0.714. The molecular weight excluding hydrogens is 194 g/mol. The second kappa shape index (κ2) is 5.13. The Morgan fingerprint density at radius 2 is 2.33 bits per heavy atom. The number of esters is 1. The highest BCUT2D eigenvalue weighted by atomic mass is 16.5. The number of hydrogen-bond donors (Lipinski definition) is 1. The fraction of sp³-hybridized carbons (Fsp3) is 0.273. The second-order valence-electron chi connectivity index (χ2n) is 2.84. The number of carbonyl (C=O) groups excluding carboxylic acids is 1. The largest absolute Gasteiger partial charge is 0.464 e. The summed E-state index contributed by atoms with van der Waals surface area (Å²) in [7, 11) is 1.29. The summed E-state index contributed by atoms with van der Waals surface area (Å²) in [6.07, 6.45) is -0.714. The van der Waals surface area contributed by atoms with E-state index in [1.54, 1.807) is 25.1 Å². The van der Waals surface area contributed by atoms with E-state index in [4.69, 9.17) is 5.11 Å². The zero-order valence-electron chi connectivity index (χ0n) is 8.52. The number of ether oxygens (including phenoxy) is 1. The number of nitrogens with zero attached hydrogens (tertiary/aromatic N) is 1. The van der Waals surface area contributed by atoms with Gasteiger partial charge in [-0.15, -0.1) is 0 Å². The van der Waals surface area contributed by atoms with Gasteiger partial charge in [-0.2, -0.15) is 0 Å². The maximum Gasteiger partial charge on any atom is 0.356 e. The molecule has 4 heteroatoms. The minimum Gasteiger partial charge on any atom is -0.464 e. The third-order valence-corrected chi connectivity index (χ3v) is 1.55. The van der Waals surface area contributed by atoms with Crippen molar-refractivity contribution in [2.24, 2.45) is 0 Å². The molecule has 0 fully saturated rings. The number of aromatic nitrogens is 1. The molecule has 1 atom stereocenters. The van der Waals surface area contributed by atoms with Gasteiger partial charge in [0.25, 0.3) is 0 Å². The van der Waals surface area contributed by atoms with Gasteiger partial charge in [0.2, 0.25) is 0 Å². The summed E-state index contributed by atoms with van der Waals surface area (Å²) >= 11 is 0. The van der Waals surface area contributed by atoms with Gasteiger partial charge < -0.3 is 9.84 Å². The first-order valence-corrected chi connectivity index (χ1v) is 4.38. The molecule has 78 valence electrons. The van der Waals surface area contributed by atoms with E-state index in [-0.39, 0.29) is 5.69 Å². The van der Waals surface area contributed by atoms with Gasteiger partial charge in [0.05, 0.1) is 7.11 Å². The van der Waals surface area contributed by atoms with Crippen LogP contribution in [0.2, 0.25) is 0 Å². The standard InChI is InChI=1S/C11H11NO3/c1-8(13)6-7-9-4-3-5-10(12-9)11(14)15-2/h3-5,8,13H,1-2H3. The zero-order valence-corrected chi connectivity index (χ0v) is 8.52. The molecule has 4 nitrogen and oxygen atoms in total. The summed E-state index contributed by atoms with van der Waals surface area (Å²) < 4.78 is 4.52. The lowest BCUT2D eigenvalue weighted by molar-refractivity contribution is 0.0594. The number of aliphatic hydroxyl groups is 1. The normalized spacial score (nSPS) is 11.1. The van der Waals surface area contributed by atoms with Crippen molar-refractivity contribution < 1.29 is 14.6 Å². The monoisotopic (exact) mass is 205 g/mol. The van der Waals surface area contributed by atoms with Crippen LogP contribution in [0.5, 0.6) is 0 Å². The summed E-state index contributed by atoms with van der Waals surface area (Å²) in [5.41, 5.74) is 0.633. The predicted molar refractivity (Wildman–Crippen MR) is 54.1 cm³/mol. The van der Waals surface area contributed by atoms with Crippen LogP contribution in [-0.2, 0) is 4.74 Å². The van der Waals surface area contributed by atoms with Gasteiger partial charge in [-0.05, 0) is 25.0 Å². The van der Waals surface area contributed by atoms with Crippen molar-refractivity contribution in [1.82, 2.24) is 4.98 Å². The summed E-state index contributed by atoms with van der Waals surface area (Å²) in [5, 5.41) is 8.95. The topological polar surface area (TPSA) is 59.4 Å². The molecule has 0 aromatic carbocycles. The highest BCUT2D eigenvalue weighted by Crippen LogP contribution is 1.99. The number of hydrogen-bond acceptors (Lipinski definition) is 4. The Morgan fingerprint density at radius 1 is 1.60 bits per heavy atom. The van der Waals surface area contributed by atoms with Crippen LogP contribution < -0.4 is 0 Å². The molecule has 0 aliphatic carbocycles. The maximum atomic E-state index is 11.1. The Kier molecular flexibility index (Phi) is 3.83. The van der Waals surface area contributed by atoms with Gasteiger partial charge in [0.1, 0.15) is 17.5 Å². The van der Waals surface area contributed by atoms with Crippen LogP contribution in [0.25, 0.3) is 0 Å². The Balaban J connectivity index is 2.94. The Morgan fingerprint density at radius 3 is 2.93 bits per heavy atom. The zero-order chi connectivity index (χ0) is 11.3. The average molecular weight is 205 g/mol. The molecular formula is C11H11NO3. The van der Waals surface area contributed by atoms with Gasteiger partial charge >= 0.3 is 5.97 Å².